The first-order valence-electron chi connectivity index (χ1n) is 7.12. The topological polar surface area (TPSA) is 18.5 Å². The van der Waals surface area contributed by atoms with E-state index in [1.807, 2.05) is 0 Å². The molecular weight excluding hydrogens is 212 g/mol. The Balaban J connectivity index is 1.65. The first kappa shape index (κ1) is 13.1. The van der Waals surface area contributed by atoms with Gasteiger partial charge in [-0.2, -0.15) is 0 Å². The summed E-state index contributed by atoms with van der Waals surface area (Å²) >= 11 is 0. The molecule has 2 aliphatic rings. The quantitative estimate of drug-likeness (QED) is 0.531. The van der Waals surface area contributed by atoms with Crippen molar-refractivity contribution in [2.75, 3.05) is 6.79 Å². The van der Waals surface area contributed by atoms with Crippen molar-refractivity contribution in [3.05, 3.63) is 12.2 Å². The minimum atomic E-state index is 0.0814. The van der Waals surface area contributed by atoms with Crippen molar-refractivity contribution < 1.29 is 9.47 Å². The van der Waals surface area contributed by atoms with E-state index in [2.05, 4.69) is 26.0 Å². The Labute approximate surface area is 105 Å². The van der Waals surface area contributed by atoms with E-state index >= 15 is 0 Å². The summed E-state index contributed by atoms with van der Waals surface area (Å²) in [6.07, 6.45) is 13.6. The summed E-state index contributed by atoms with van der Waals surface area (Å²) in [5, 5.41) is 0. The van der Waals surface area contributed by atoms with Crippen molar-refractivity contribution in [3.8, 4) is 0 Å². The molecule has 0 saturated heterocycles. The summed E-state index contributed by atoms with van der Waals surface area (Å²) in [7, 11) is 0. The highest BCUT2D eigenvalue weighted by atomic mass is 16.7. The molecule has 0 radical (unpaired) electrons. The van der Waals surface area contributed by atoms with Gasteiger partial charge in [0.25, 0.3) is 0 Å². The molecule has 2 nitrogen and oxygen atoms in total. The van der Waals surface area contributed by atoms with Crippen LogP contribution >= 0.6 is 0 Å². The highest BCUT2D eigenvalue weighted by Gasteiger charge is 2.31. The first-order chi connectivity index (χ1) is 8.23. The first-order valence-corrected chi connectivity index (χ1v) is 7.12. The third-order valence-electron chi connectivity index (χ3n) is 4.30. The van der Waals surface area contributed by atoms with Gasteiger partial charge in [0.15, 0.2) is 0 Å². The molecular formula is C15H26O2. The summed E-state index contributed by atoms with van der Waals surface area (Å²) in [5.74, 6) is 0.628. The fourth-order valence-electron chi connectivity index (χ4n) is 2.88. The largest absolute Gasteiger partial charge is 0.352 e. The number of ether oxygens (including phenoxy) is 2. The normalized spacial score (nSPS) is 32.6. The summed E-state index contributed by atoms with van der Waals surface area (Å²) < 4.78 is 11.8. The Morgan fingerprint density at radius 3 is 2.53 bits per heavy atom. The van der Waals surface area contributed by atoms with Crippen LogP contribution in [0, 0.1) is 5.92 Å². The van der Waals surface area contributed by atoms with Crippen LogP contribution in [0.1, 0.15) is 58.8 Å². The predicted molar refractivity (Wildman–Crippen MR) is 69.9 cm³/mol. The van der Waals surface area contributed by atoms with E-state index in [-0.39, 0.29) is 5.60 Å². The summed E-state index contributed by atoms with van der Waals surface area (Å²) in [6, 6.07) is 0. The Morgan fingerprint density at radius 2 is 1.94 bits per heavy atom. The van der Waals surface area contributed by atoms with Crippen molar-refractivity contribution in [2.24, 2.45) is 5.92 Å². The van der Waals surface area contributed by atoms with Gasteiger partial charge in [0.2, 0.25) is 0 Å². The van der Waals surface area contributed by atoms with Crippen LogP contribution in [0.3, 0.4) is 0 Å². The highest BCUT2D eigenvalue weighted by molar-refractivity contribution is 4.96. The second-order valence-corrected chi connectivity index (χ2v) is 5.74. The molecule has 0 aromatic heterocycles. The van der Waals surface area contributed by atoms with Crippen molar-refractivity contribution in [2.45, 2.75) is 70.5 Å². The average molecular weight is 238 g/mol. The third-order valence-corrected chi connectivity index (χ3v) is 4.30. The van der Waals surface area contributed by atoms with E-state index in [1.165, 1.54) is 44.9 Å². The number of hydrogen-bond acceptors (Lipinski definition) is 2. The lowest BCUT2D eigenvalue weighted by Crippen LogP contribution is -2.37. The second-order valence-electron chi connectivity index (χ2n) is 5.74. The molecule has 17 heavy (non-hydrogen) atoms. The molecule has 0 aliphatic heterocycles. The van der Waals surface area contributed by atoms with Crippen LogP contribution in [0.4, 0.5) is 0 Å². The van der Waals surface area contributed by atoms with Gasteiger partial charge in [-0.1, -0.05) is 31.4 Å². The SMILES string of the molecule is C/C=C\C1CCC1OCOC1(C)CCCCC1. The number of allylic oxidation sites excluding steroid dienone is 1. The molecule has 0 aromatic rings. The zero-order chi connectivity index (χ0) is 12.1. The van der Waals surface area contributed by atoms with Gasteiger partial charge in [-0.25, -0.2) is 0 Å². The maximum atomic E-state index is 5.96. The van der Waals surface area contributed by atoms with Gasteiger partial charge >= 0.3 is 0 Å². The fraction of sp³-hybridized carbons (Fsp3) is 0.867. The molecule has 0 spiro atoms. The third kappa shape index (κ3) is 3.56. The Kier molecular flexibility index (Phi) is 4.63. The summed E-state index contributed by atoms with van der Waals surface area (Å²) in [4.78, 5) is 0. The zero-order valence-corrected chi connectivity index (χ0v) is 11.3. The maximum absolute atomic E-state index is 5.96. The molecule has 2 atom stereocenters. The van der Waals surface area contributed by atoms with Crippen molar-refractivity contribution in [1.29, 1.82) is 0 Å². The van der Waals surface area contributed by atoms with Crippen molar-refractivity contribution >= 4 is 0 Å². The van der Waals surface area contributed by atoms with E-state index in [0.717, 1.165) is 0 Å². The van der Waals surface area contributed by atoms with E-state index in [0.29, 0.717) is 18.8 Å². The maximum Gasteiger partial charge on any atom is 0.147 e. The van der Waals surface area contributed by atoms with Crippen molar-refractivity contribution in [1.82, 2.24) is 0 Å². The summed E-state index contributed by atoms with van der Waals surface area (Å²) in [5.41, 5.74) is 0.0814. The second kappa shape index (κ2) is 6.01. The van der Waals surface area contributed by atoms with Crippen LogP contribution in [0.2, 0.25) is 0 Å². The molecule has 0 heterocycles. The zero-order valence-electron chi connectivity index (χ0n) is 11.3. The van der Waals surface area contributed by atoms with Crippen LogP contribution in [-0.4, -0.2) is 18.5 Å². The van der Waals surface area contributed by atoms with Crippen LogP contribution in [0.25, 0.3) is 0 Å². The molecule has 0 N–H and O–H groups in total. The van der Waals surface area contributed by atoms with Gasteiger partial charge < -0.3 is 9.47 Å². The van der Waals surface area contributed by atoms with Gasteiger partial charge in [0, 0.05) is 5.92 Å². The molecule has 2 heteroatoms. The standard InChI is InChI=1S/C15H26O2/c1-3-7-13-8-9-14(13)16-12-17-15(2)10-5-4-6-11-15/h3,7,13-14H,4-6,8-12H2,1-2H3/b7-3-. The molecule has 2 saturated carbocycles. The van der Waals surface area contributed by atoms with Gasteiger partial charge in [0.1, 0.15) is 6.79 Å². The lowest BCUT2D eigenvalue weighted by Gasteiger charge is -2.37. The molecule has 0 bridgehead atoms. The molecule has 2 aliphatic carbocycles. The predicted octanol–water partition coefficient (Wildman–Crippen LogP) is 4.05. The minimum Gasteiger partial charge on any atom is -0.352 e. The van der Waals surface area contributed by atoms with Gasteiger partial charge in [0.05, 0.1) is 11.7 Å². The minimum absolute atomic E-state index is 0.0814. The monoisotopic (exact) mass is 238 g/mol. The Morgan fingerprint density at radius 1 is 1.18 bits per heavy atom. The van der Waals surface area contributed by atoms with Crippen molar-refractivity contribution in [3.63, 3.8) is 0 Å². The molecule has 2 rings (SSSR count). The van der Waals surface area contributed by atoms with Gasteiger partial charge in [-0.15, -0.1) is 0 Å². The van der Waals surface area contributed by atoms with E-state index in [1.54, 1.807) is 0 Å². The van der Waals surface area contributed by atoms with Crippen LogP contribution in [0.5, 0.6) is 0 Å². The molecule has 0 aromatic carbocycles. The fourth-order valence-corrected chi connectivity index (χ4v) is 2.88. The Hall–Kier alpha value is -0.340. The highest BCUT2D eigenvalue weighted by Crippen LogP contribution is 2.34. The van der Waals surface area contributed by atoms with Crippen LogP contribution in [0.15, 0.2) is 12.2 Å². The van der Waals surface area contributed by atoms with E-state index in [4.69, 9.17) is 9.47 Å². The van der Waals surface area contributed by atoms with Crippen LogP contribution < -0.4 is 0 Å². The molecule has 2 fully saturated rings. The Bertz CT molecular complexity index is 254. The average Bonchev–Trinajstić information content (AvgIpc) is 2.31. The van der Waals surface area contributed by atoms with E-state index in [9.17, 15) is 0 Å². The van der Waals surface area contributed by atoms with Crippen LogP contribution in [-0.2, 0) is 9.47 Å². The van der Waals surface area contributed by atoms with E-state index < -0.39 is 0 Å². The molecule has 0 amide bonds. The lowest BCUT2D eigenvalue weighted by atomic mass is 9.81. The molecule has 98 valence electrons. The molecule has 2 unspecified atom stereocenters. The van der Waals surface area contributed by atoms with Gasteiger partial charge in [-0.05, 0) is 39.5 Å². The lowest BCUT2D eigenvalue weighted by molar-refractivity contribution is -0.184. The summed E-state index contributed by atoms with van der Waals surface area (Å²) in [6.45, 7) is 4.80. The number of rotatable bonds is 5. The number of hydrogen-bond donors (Lipinski definition) is 0. The van der Waals surface area contributed by atoms with Gasteiger partial charge in [-0.3, -0.25) is 0 Å². The smallest absolute Gasteiger partial charge is 0.147 e.